The molecule has 1 aromatic heterocycles. The Balaban J connectivity index is 1.39. The van der Waals surface area contributed by atoms with Crippen LogP contribution in [0.5, 0.6) is 0 Å². The van der Waals surface area contributed by atoms with Gasteiger partial charge in [0.05, 0.1) is 16.0 Å². The molecule has 0 saturated carbocycles. The van der Waals surface area contributed by atoms with Crippen molar-refractivity contribution in [3.8, 4) is 0 Å². The van der Waals surface area contributed by atoms with Crippen LogP contribution in [0.25, 0.3) is 0 Å². The van der Waals surface area contributed by atoms with Gasteiger partial charge in [0.1, 0.15) is 5.25 Å². The highest BCUT2D eigenvalue weighted by Gasteiger charge is 2.34. The number of aromatic nitrogens is 1. The highest BCUT2D eigenvalue weighted by atomic mass is 35.5. The van der Waals surface area contributed by atoms with E-state index in [1.165, 1.54) is 36.7 Å². The van der Waals surface area contributed by atoms with E-state index in [-0.39, 0.29) is 48.5 Å². The molecule has 1 aliphatic heterocycles. The van der Waals surface area contributed by atoms with Gasteiger partial charge in [-0.1, -0.05) is 29.8 Å². The maximum absolute atomic E-state index is 13.3. The summed E-state index contributed by atoms with van der Waals surface area (Å²) in [6, 6.07) is 15.7. The minimum atomic E-state index is -3.86. The summed E-state index contributed by atoms with van der Waals surface area (Å²) < 4.78 is 26.6. The Morgan fingerprint density at radius 3 is 2.23 bits per heavy atom. The molecule has 35 heavy (non-hydrogen) atoms. The summed E-state index contributed by atoms with van der Waals surface area (Å²) in [5, 5.41) is 2.03. The van der Waals surface area contributed by atoms with Crippen molar-refractivity contribution in [3.05, 3.63) is 94.8 Å². The van der Waals surface area contributed by atoms with Crippen LogP contribution in [0.3, 0.4) is 0 Å². The van der Waals surface area contributed by atoms with Crippen LogP contribution in [-0.4, -0.2) is 49.1 Å². The first-order valence-electron chi connectivity index (χ1n) is 10.9. The van der Waals surface area contributed by atoms with Crippen LogP contribution in [0.15, 0.2) is 78.0 Å². The molecule has 0 bridgehead atoms. The number of carbonyl (C=O) groups excluding carboxylic acids is 3. The minimum absolute atomic E-state index is 0.0220. The zero-order valence-electron chi connectivity index (χ0n) is 18.6. The first kappa shape index (κ1) is 24.6. The van der Waals surface area contributed by atoms with Gasteiger partial charge >= 0.3 is 0 Å². The van der Waals surface area contributed by atoms with Crippen molar-refractivity contribution >= 4 is 39.2 Å². The Kier molecular flexibility index (Phi) is 7.28. The third kappa shape index (κ3) is 5.26. The molecular formula is C25H22ClN3O5S. The van der Waals surface area contributed by atoms with Gasteiger partial charge in [0, 0.05) is 36.9 Å². The van der Waals surface area contributed by atoms with E-state index in [0.717, 1.165) is 4.90 Å². The van der Waals surface area contributed by atoms with Crippen molar-refractivity contribution in [2.45, 2.75) is 23.0 Å². The van der Waals surface area contributed by atoms with Crippen LogP contribution in [0.4, 0.5) is 0 Å². The maximum atomic E-state index is 13.3. The van der Waals surface area contributed by atoms with Crippen molar-refractivity contribution < 1.29 is 22.8 Å². The highest BCUT2D eigenvalue weighted by molar-refractivity contribution is 7.91. The van der Waals surface area contributed by atoms with Crippen molar-refractivity contribution in [2.75, 3.05) is 13.1 Å². The number of imide groups is 1. The van der Waals surface area contributed by atoms with E-state index < -0.39 is 15.1 Å². The molecule has 3 aromatic rings. The number of benzene rings is 2. The molecule has 0 spiro atoms. The summed E-state index contributed by atoms with van der Waals surface area (Å²) in [7, 11) is -3.86. The second kappa shape index (κ2) is 10.4. The van der Waals surface area contributed by atoms with E-state index in [9.17, 15) is 22.8 Å². The van der Waals surface area contributed by atoms with Gasteiger partial charge in [-0.15, -0.1) is 0 Å². The summed E-state index contributed by atoms with van der Waals surface area (Å²) in [5.41, 5.74) is 1.15. The van der Waals surface area contributed by atoms with Crippen molar-refractivity contribution in [1.29, 1.82) is 0 Å². The van der Waals surface area contributed by atoms with E-state index >= 15 is 0 Å². The Hall–Kier alpha value is -3.56. The van der Waals surface area contributed by atoms with Crippen molar-refractivity contribution in [1.82, 2.24) is 15.2 Å². The zero-order valence-corrected chi connectivity index (χ0v) is 20.1. The first-order valence-corrected chi connectivity index (χ1v) is 12.8. The number of nitrogens with zero attached hydrogens (tertiary/aromatic N) is 2. The molecular weight excluding hydrogens is 490 g/mol. The third-order valence-corrected chi connectivity index (χ3v) is 8.09. The fraction of sp³-hybridized carbons (Fsp3) is 0.200. The molecule has 0 fully saturated rings. The molecule has 4 rings (SSSR count). The van der Waals surface area contributed by atoms with Crippen LogP contribution in [0.2, 0.25) is 5.02 Å². The molecule has 0 aliphatic carbocycles. The van der Waals surface area contributed by atoms with E-state index in [4.69, 9.17) is 11.6 Å². The number of hydrogen-bond acceptors (Lipinski definition) is 6. The second-order valence-electron chi connectivity index (χ2n) is 7.99. The van der Waals surface area contributed by atoms with Crippen LogP contribution >= 0.6 is 11.6 Å². The predicted molar refractivity (Wildman–Crippen MR) is 130 cm³/mol. The average molecular weight is 512 g/mol. The Morgan fingerprint density at radius 1 is 0.971 bits per heavy atom. The molecule has 1 atom stereocenters. The normalized spacial score (nSPS) is 14.0. The molecule has 10 heteroatoms. The summed E-state index contributed by atoms with van der Waals surface area (Å²) in [6.07, 6.45) is 3.26. The number of halogens is 1. The van der Waals surface area contributed by atoms with Crippen LogP contribution in [0.1, 0.15) is 44.4 Å². The molecule has 3 amide bonds. The van der Waals surface area contributed by atoms with Gasteiger partial charge in [-0.3, -0.25) is 24.3 Å². The number of pyridine rings is 1. The lowest BCUT2D eigenvalue weighted by atomic mass is 10.1. The van der Waals surface area contributed by atoms with Gasteiger partial charge in [-0.05, 0) is 54.4 Å². The van der Waals surface area contributed by atoms with Gasteiger partial charge in [0.15, 0.2) is 9.84 Å². The molecule has 0 radical (unpaired) electrons. The summed E-state index contributed by atoms with van der Waals surface area (Å²) in [6.45, 7) is -0.0720. The number of nitrogens with one attached hydrogen (secondary N) is 1. The molecule has 1 aliphatic rings. The number of fused-ring (bicyclic) bond motifs is 1. The lowest BCUT2D eigenvalue weighted by Crippen LogP contribution is -2.34. The molecule has 180 valence electrons. The SMILES string of the molecule is O=C(CCCN1C(=O)c2ccccc2C1=O)NCC(c1cccnc1)S(=O)(=O)c1ccc(Cl)cc1. The molecule has 2 aromatic carbocycles. The van der Waals surface area contributed by atoms with E-state index in [0.29, 0.717) is 21.7 Å². The molecule has 1 N–H and O–H groups in total. The topological polar surface area (TPSA) is 114 Å². The van der Waals surface area contributed by atoms with Gasteiger partial charge in [-0.2, -0.15) is 0 Å². The highest BCUT2D eigenvalue weighted by Crippen LogP contribution is 2.29. The van der Waals surface area contributed by atoms with Crippen molar-refractivity contribution in [3.63, 3.8) is 0 Å². The number of hydrogen-bond donors (Lipinski definition) is 1. The van der Waals surface area contributed by atoms with Crippen molar-refractivity contribution in [2.24, 2.45) is 0 Å². The largest absolute Gasteiger partial charge is 0.354 e. The lowest BCUT2D eigenvalue weighted by Gasteiger charge is -2.19. The standard InChI is InChI=1S/C25H22ClN3O5S/c26-18-9-11-19(12-10-18)35(33,34)22(17-5-3-13-27-15-17)16-28-23(30)8-4-14-29-24(31)20-6-1-2-7-21(20)25(29)32/h1-3,5-7,9-13,15,22H,4,8,14,16H2,(H,28,30). The molecule has 0 saturated heterocycles. The number of sulfone groups is 1. The minimum Gasteiger partial charge on any atom is -0.354 e. The summed E-state index contributed by atoms with van der Waals surface area (Å²) >= 11 is 5.89. The summed E-state index contributed by atoms with van der Waals surface area (Å²) in [5.74, 6) is -1.14. The number of rotatable bonds is 9. The van der Waals surface area contributed by atoms with Crippen LogP contribution < -0.4 is 5.32 Å². The van der Waals surface area contributed by atoms with Gasteiger partial charge in [0.2, 0.25) is 5.91 Å². The van der Waals surface area contributed by atoms with Gasteiger partial charge in [-0.25, -0.2) is 8.42 Å². The first-order chi connectivity index (χ1) is 16.8. The smallest absolute Gasteiger partial charge is 0.261 e. The van der Waals surface area contributed by atoms with Gasteiger partial charge < -0.3 is 5.32 Å². The van der Waals surface area contributed by atoms with Crippen LogP contribution in [0, 0.1) is 0 Å². The zero-order chi connectivity index (χ0) is 25.0. The average Bonchev–Trinajstić information content (AvgIpc) is 3.10. The molecule has 1 unspecified atom stereocenters. The fourth-order valence-corrected chi connectivity index (χ4v) is 5.67. The second-order valence-corrected chi connectivity index (χ2v) is 10.6. The maximum Gasteiger partial charge on any atom is 0.261 e. The lowest BCUT2D eigenvalue weighted by molar-refractivity contribution is -0.121. The number of carbonyl (C=O) groups is 3. The molecule has 2 heterocycles. The Morgan fingerprint density at radius 2 is 1.63 bits per heavy atom. The molecule has 8 nitrogen and oxygen atoms in total. The van der Waals surface area contributed by atoms with E-state index in [1.807, 2.05) is 0 Å². The Labute approximate surface area is 207 Å². The van der Waals surface area contributed by atoms with Crippen LogP contribution in [-0.2, 0) is 14.6 Å². The van der Waals surface area contributed by atoms with Gasteiger partial charge in [0.25, 0.3) is 11.8 Å². The fourth-order valence-electron chi connectivity index (χ4n) is 3.90. The quantitative estimate of drug-likeness (QED) is 0.440. The van der Waals surface area contributed by atoms with E-state index in [2.05, 4.69) is 10.3 Å². The monoisotopic (exact) mass is 511 g/mol. The Bertz CT molecular complexity index is 1330. The number of amides is 3. The predicted octanol–water partition coefficient (Wildman–Crippen LogP) is 3.44. The van der Waals surface area contributed by atoms with E-state index in [1.54, 1.807) is 36.4 Å². The summed E-state index contributed by atoms with van der Waals surface area (Å²) in [4.78, 5) is 42.6. The third-order valence-electron chi connectivity index (χ3n) is 5.72.